The molecule has 2 saturated carbocycles. The van der Waals surface area contributed by atoms with Gasteiger partial charge in [0.05, 0.1) is 12.7 Å². The summed E-state index contributed by atoms with van der Waals surface area (Å²) in [5.41, 5.74) is -0.244. The Hall–Kier alpha value is -0.0800. The van der Waals surface area contributed by atoms with Crippen LogP contribution in [-0.4, -0.2) is 22.9 Å². The Morgan fingerprint density at radius 2 is 2.56 bits per heavy atom. The summed E-state index contributed by atoms with van der Waals surface area (Å²) in [5.74, 6) is 0.285. The Labute approximate surface area is 55.9 Å². The summed E-state index contributed by atoms with van der Waals surface area (Å²) in [5, 5.41) is 18.3. The highest BCUT2D eigenvalue weighted by atomic mass is 16.3. The zero-order chi connectivity index (χ0) is 7.35. The first-order valence-corrected chi connectivity index (χ1v) is 3.42. The monoisotopic (exact) mass is 130 g/mol. The molecule has 52 valence electrons. The SMILES string of the molecule is [3H]C1CC(O)[C@]2(CO)C[C@@H]12. The first-order valence-electron chi connectivity index (χ1n) is 3.99. The van der Waals surface area contributed by atoms with E-state index < -0.39 is 6.10 Å². The van der Waals surface area contributed by atoms with Crippen molar-refractivity contribution >= 4 is 0 Å². The van der Waals surface area contributed by atoms with E-state index in [1.54, 1.807) is 0 Å². The maximum absolute atomic E-state index is 9.38. The zero-order valence-electron chi connectivity index (χ0n) is 6.25. The van der Waals surface area contributed by atoms with Crippen molar-refractivity contribution in [1.29, 1.82) is 0 Å². The molecule has 2 rings (SSSR count). The van der Waals surface area contributed by atoms with Crippen molar-refractivity contribution < 1.29 is 11.6 Å². The van der Waals surface area contributed by atoms with E-state index in [0.717, 1.165) is 6.42 Å². The Kier molecular flexibility index (Phi) is 0.780. The van der Waals surface area contributed by atoms with E-state index in [9.17, 15) is 5.11 Å². The lowest BCUT2D eigenvalue weighted by molar-refractivity contribution is 0.0612. The number of hydrogen-bond acceptors (Lipinski definition) is 2. The molecule has 0 heterocycles. The van der Waals surface area contributed by atoms with Gasteiger partial charge in [-0.1, -0.05) is 0 Å². The Morgan fingerprint density at radius 1 is 1.78 bits per heavy atom. The molecule has 0 spiro atoms. The number of fused-ring (bicyclic) bond motifs is 1. The fourth-order valence-corrected chi connectivity index (χ4v) is 1.87. The van der Waals surface area contributed by atoms with Crippen molar-refractivity contribution in [2.75, 3.05) is 6.61 Å². The first kappa shape index (κ1) is 4.69. The van der Waals surface area contributed by atoms with Gasteiger partial charge in [-0.3, -0.25) is 0 Å². The van der Waals surface area contributed by atoms with Gasteiger partial charge in [0.1, 0.15) is 0 Å². The first-order chi connectivity index (χ1) is 4.70. The average molecular weight is 130 g/mol. The van der Waals surface area contributed by atoms with Crippen LogP contribution >= 0.6 is 0 Å². The van der Waals surface area contributed by atoms with Crippen molar-refractivity contribution in [2.45, 2.75) is 25.3 Å². The summed E-state index contributed by atoms with van der Waals surface area (Å²) in [4.78, 5) is 0. The number of aliphatic hydroxyl groups is 2. The molecular weight excluding hydrogens is 116 g/mol. The Morgan fingerprint density at radius 3 is 2.78 bits per heavy atom. The van der Waals surface area contributed by atoms with Crippen molar-refractivity contribution in [3.05, 3.63) is 0 Å². The second-order valence-corrected chi connectivity index (χ2v) is 3.19. The van der Waals surface area contributed by atoms with Gasteiger partial charge in [0.2, 0.25) is 0 Å². The third-order valence-electron chi connectivity index (χ3n) is 2.78. The summed E-state index contributed by atoms with van der Waals surface area (Å²) in [6, 6.07) is 0. The van der Waals surface area contributed by atoms with Gasteiger partial charge in [-0.15, -0.1) is 0 Å². The fraction of sp³-hybridized carbons (Fsp3) is 1.00. The molecule has 0 bridgehead atoms. The molecule has 2 fully saturated rings. The van der Waals surface area contributed by atoms with Crippen molar-refractivity contribution in [2.24, 2.45) is 11.3 Å². The highest BCUT2D eigenvalue weighted by molar-refractivity contribution is 5.11. The van der Waals surface area contributed by atoms with E-state index >= 15 is 0 Å². The molecule has 2 nitrogen and oxygen atoms in total. The van der Waals surface area contributed by atoms with Crippen LogP contribution in [0.4, 0.5) is 0 Å². The van der Waals surface area contributed by atoms with Crippen LogP contribution in [0.2, 0.25) is 0 Å². The van der Waals surface area contributed by atoms with Gasteiger partial charge in [-0.25, -0.2) is 0 Å². The standard InChI is InChI=1S/C7H12O2/c8-4-7-3-5(7)1-2-6(7)9/h5-6,8-9H,1-4H2/t5-,6?,7+/m1/s1/i1T/t1?,5-,6?,7+. The van der Waals surface area contributed by atoms with Crippen molar-refractivity contribution in [3.8, 4) is 0 Å². The molecular formula is C7H12O2. The summed E-state index contributed by atoms with van der Waals surface area (Å²) >= 11 is 0. The minimum absolute atomic E-state index is 0.0637. The quantitative estimate of drug-likeness (QED) is 0.530. The second kappa shape index (κ2) is 1.50. The van der Waals surface area contributed by atoms with Crippen molar-refractivity contribution in [1.82, 2.24) is 0 Å². The minimum atomic E-state index is -0.412. The molecule has 0 aromatic heterocycles. The largest absolute Gasteiger partial charge is 0.396 e. The molecule has 2 N–H and O–H groups in total. The van der Waals surface area contributed by atoms with Crippen LogP contribution in [-0.2, 0) is 0 Å². The topological polar surface area (TPSA) is 40.5 Å². The number of rotatable bonds is 1. The van der Waals surface area contributed by atoms with Crippen LogP contribution in [0.15, 0.2) is 0 Å². The van der Waals surface area contributed by atoms with Crippen LogP contribution in [0, 0.1) is 11.3 Å². The van der Waals surface area contributed by atoms with Gasteiger partial charge in [0.15, 0.2) is 0 Å². The molecule has 9 heavy (non-hydrogen) atoms. The Balaban J connectivity index is 2.16. The lowest BCUT2D eigenvalue weighted by Crippen LogP contribution is -2.22. The lowest BCUT2D eigenvalue weighted by Gasteiger charge is -2.13. The molecule has 0 aromatic carbocycles. The molecule has 2 aliphatic carbocycles. The fourth-order valence-electron chi connectivity index (χ4n) is 1.87. The number of hydrogen-bond donors (Lipinski definition) is 2. The van der Waals surface area contributed by atoms with Gasteiger partial charge < -0.3 is 10.2 Å². The molecule has 0 amide bonds. The lowest BCUT2D eigenvalue weighted by atomic mass is 10.0. The second-order valence-electron chi connectivity index (χ2n) is 3.19. The summed E-state index contributed by atoms with van der Waals surface area (Å²) in [6.07, 6.45) is 0.886. The maximum atomic E-state index is 9.38. The van der Waals surface area contributed by atoms with Gasteiger partial charge in [-0.05, 0) is 25.2 Å². The van der Waals surface area contributed by atoms with E-state index in [1.165, 1.54) is 0 Å². The van der Waals surface area contributed by atoms with Crippen LogP contribution in [0.5, 0.6) is 0 Å². The maximum Gasteiger partial charge on any atom is 0.0621 e. The number of aliphatic hydroxyl groups excluding tert-OH is 2. The normalized spacial score (nSPS) is 65.1. The molecule has 0 aliphatic heterocycles. The highest BCUT2D eigenvalue weighted by Gasteiger charge is 2.61. The average Bonchev–Trinajstić information content (AvgIpc) is 2.57. The zero-order valence-corrected chi connectivity index (χ0v) is 5.25. The van der Waals surface area contributed by atoms with Gasteiger partial charge in [0.25, 0.3) is 0 Å². The molecule has 2 unspecified atom stereocenters. The highest BCUT2D eigenvalue weighted by Crippen LogP contribution is 2.62. The van der Waals surface area contributed by atoms with E-state index in [2.05, 4.69) is 0 Å². The summed E-state index contributed by atoms with van der Waals surface area (Å²) in [7, 11) is 0. The predicted molar refractivity (Wildman–Crippen MR) is 32.9 cm³/mol. The van der Waals surface area contributed by atoms with Gasteiger partial charge >= 0.3 is 0 Å². The predicted octanol–water partition coefficient (Wildman–Crippen LogP) is 0.140. The van der Waals surface area contributed by atoms with E-state index in [0.29, 0.717) is 6.42 Å². The third kappa shape index (κ3) is 0.528. The molecule has 0 saturated heterocycles. The van der Waals surface area contributed by atoms with Crippen LogP contribution in [0.1, 0.15) is 20.6 Å². The van der Waals surface area contributed by atoms with Crippen LogP contribution in [0.25, 0.3) is 0 Å². The van der Waals surface area contributed by atoms with Gasteiger partial charge in [-0.2, -0.15) is 0 Å². The summed E-state index contributed by atoms with van der Waals surface area (Å²) in [6.45, 7) is 0.0637. The van der Waals surface area contributed by atoms with Crippen LogP contribution in [0.3, 0.4) is 0 Å². The van der Waals surface area contributed by atoms with Gasteiger partial charge in [0, 0.05) is 6.79 Å². The van der Waals surface area contributed by atoms with E-state index in [-0.39, 0.29) is 24.3 Å². The molecule has 2 heteroatoms. The van der Waals surface area contributed by atoms with E-state index in [4.69, 9.17) is 6.48 Å². The van der Waals surface area contributed by atoms with Crippen LogP contribution < -0.4 is 0 Å². The smallest absolute Gasteiger partial charge is 0.0621 e. The molecule has 0 radical (unpaired) electrons. The molecule has 0 aromatic rings. The van der Waals surface area contributed by atoms with Crippen molar-refractivity contribution in [3.63, 3.8) is 0 Å². The third-order valence-corrected chi connectivity index (χ3v) is 2.78. The molecule has 4 atom stereocenters. The van der Waals surface area contributed by atoms with E-state index in [1.807, 2.05) is 0 Å². The minimum Gasteiger partial charge on any atom is -0.396 e. The summed E-state index contributed by atoms with van der Waals surface area (Å²) < 4.78 is 7.47. The molecule has 2 aliphatic rings. The Bertz CT molecular complexity index is 158.